The summed E-state index contributed by atoms with van der Waals surface area (Å²) < 4.78 is 0. The van der Waals surface area contributed by atoms with Gasteiger partial charge in [-0.2, -0.15) is 0 Å². The van der Waals surface area contributed by atoms with E-state index in [0.29, 0.717) is 0 Å². The Labute approximate surface area is 117 Å². The SMILES string of the molecule is CC(C)C1CCCCC1NCC1Cc2ccccc21. The minimum Gasteiger partial charge on any atom is -0.313 e. The zero-order chi connectivity index (χ0) is 13.2. The predicted molar refractivity (Wildman–Crippen MR) is 81.5 cm³/mol. The highest BCUT2D eigenvalue weighted by Gasteiger charge is 2.30. The molecule has 3 atom stereocenters. The van der Waals surface area contributed by atoms with Crippen LogP contribution >= 0.6 is 0 Å². The first-order valence-corrected chi connectivity index (χ1v) is 8.07. The first-order chi connectivity index (χ1) is 9.25. The highest BCUT2D eigenvalue weighted by atomic mass is 14.9. The van der Waals surface area contributed by atoms with Crippen molar-refractivity contribution in [1.29, 1.82) is 0 Å². The van der Waals surface area contributed by atoms with E-state index in [1.165, 1.54) is 38.6 Å². The Bertz CT molecular complexity index is 423. The lowest BCUT2D eigenvalue weighted by molar-refractivity contribution is 0.202. The Morgan fingerprint density at radius 2 is 1.95 bits per heavy atom. The fourth-order valence-corrected chi connectivity index (χ4v) is 4.05. The van der Waals surface area contributed by atoms with E-state index in [9.17, 15) is 0 Å². The van der Waals surface area contributed by atoms with E-state index in [1.807, 2.05) is 0 Å². The second-order valence-electron chi connectivity index (χ2n) is 6.81. The van der Waals surface area contributed by atoms with Crippen LogP contribution in [0.4, 0.5) is 0 Å². The molecule has 0 amide bonds. The van der Waals surface area contributed by atoms with Crippen molar-refractivity contribution in [2.24, 2.45) is 11.8 Å². The molecule has 0 saturated heterocycles. The molecule has 1 nitrogen and oxygen atoms in total. The van der Waals surface area contributed by atoms with Crippen molar-refractivity contribution in [3.8, 4) is 0 Å². The van der Waals surface area contributed by atoms with Gasteiger partial charge in [0.05, 0.1) is 0 Å². The van der Waals surface area contributed by atoms with Gasteiger partial charge in [0.2, 0.25) is 0 Å². The van der Waals surface area contributed by atoms with Gasteiger partial charge in [0, 0.05) is 18.5 Å². The fourth-order valence-electron chi connectivity index (χ4n) is 4.05. The monoisotopic (exact) mass is 257 g/mol. The number of fused-ring (bicyclic) bond motifs is 1. The first-order valence-electron chi connectivity index (χ1n) is 8.07. The molecule has 0 bridgehead atoms. The number of nitrogens with one attached hydrogen (secondary N) is 1. The number of hydrogen-bond donors (Lipinski definition) is 1. The topological polar surface area (TPSA) is 12.0 Å². The lowest BCUT2D eigenvalue weighted by atomic mass is 9.75. The van der Waals surface area contributed by atoms with Gasteiger partial charge in [0.25, 0.3) is 0 Å². The molecule has 2 aliphatic carbocycles. The molecule has 0 aliphatic heterocycles. The van der Waals surface area contributed by atoms with Gasteiger partial charge in [-0.05, 0) is 42.2 Å². The van der Waals surface area contributed by atoms with Crippen molar-refractivity contribution in [3.05, 3.63) is 35.4 Å². The lowest BCUT2D eigenvalue weighted by Gasteiger charge is -2.38. The largest absolute Gasteiger partial charge is 0.313 e. The minimum absolute atomic E-state index is 0.765. The summed E-state index contributed by atoms with van der Waals surface area (Å²) >= 11 is 0. The Morgan fingerprint density at radius 1 is 1.16 bits per heavy atom. The molecule has 3 rings (SSSR count). The van der Waals surface area contributed by atoms with Crippen LogP contribution in [0.15, 0.2) is 24.3 Å². The molecule has 2 aliphatic rings. The summed E-state index contributed by atoms with van der Waals surface area (Å²) in [5.74, 6) is 2.49. The van der Waals surface area contributed by atoms with Crippen molar-refractivity contribution < 1.29 is 0 Å². The standard InChI is InChI=1S/C18H27N/c1-13(2)16-8-5-6-10-18(16)19-12-15-11-14-7-3-4-9-17(14)15/h3-4,7,9,13,15-16,18-19H,5-6,8,10-12H2,1-2H3. The molecule has 0 radical (unpaired) electrons. The van der Waals surface area contributed by atoms with E-state index in [0.717, 1.165) is 23.8 Å². The van der Waals surface area contributed by atoms with Gasteiger partial charge in [-0.25, -0.2) is 0 Å². The fraction of sp³-hybridized carbons (Fsp3) is 0.667. The van der Waals surface area contributed by atoms with E-state index >= 15 is 0 Å². The average Bonchev–Trinajstić information content (AvgIpc) is 2.40. The molecule has 0 heterocycles. The molecule has 1 aromatic rings. The van der Waals surface area contributed by atoms with Crippen molar-refractivity contribution >= 4 is 0 Å². The molecule has 19 heavy (non-hydrogen) atoms. The average molecular weight is 257 g/mol. The molecule has 0 spiro atoms. The van der Waals surface area contributed by atoms with Crippen LogP contribution in [-0.2, 0) is 6.42 Å². The summed E-state index contributed by atoms with van der Waals surface area (Å²) in [4.78, 5) is 0. The Morgan fingerprint density at radius 3 is 2.74 bits per heavy atom. The van der Waals surface area contributed by atoms with Gasteiger partial charge < -0.3 is 5.32 Å². The number of rotatable bonds is 4. The molecular formula is C18H27N. The minimum atomic E-state index is 0.765. The quantitative estimate of drug-likeness (QED) is 0.855. The maximum Gasteiger partial charge on any atom is 0.00980 e. The zero-order valence-electron chi connectivity index (χ0n) is 12.4. The maximum atomic E-state index is 3.90. The second kappa shape index (κ2) is 5.66. The summed E-state index contributed by atoms with van der Waals surface area (Å²) in [5.41, 5.74) is 3.16. The van der Waals surface area contributed by atoms with Crippen molar-refractivity contribution in [1.82, 2.24) is 5.32 Å². The summed E-state index contributed by atoms with van der Waals surface area (Å²) in [7, 11) is 0. The normalized spacial score (nSPS) is 29.9. The van der Waals surface area contributed by atoms with Crippen LogP contribution in [-0.4, -0.2) is 12.6 Å². The van der Waals surface area contributed by atoms with Gasteiger partial charge in [-0.15, -0.1) is 0 Å². The third kappa shape index (κ3) is 2.72. The van der Waals surface area contributed by atoms with Crippen LogP contribution in [0.1, 0.15) is 56.6 Å². The Kier molecular flexibility index (Phi) is 3.93. The van der Waals surface area contributed by atoms with E-state index in [1.54, 1.807) is 11.1 Å². The third-order valence-electron chi connectivity index (χ3n) is 5.26. The molecule has 1 N–H and O–H groups in total. The van der Waals surface area contributed by atoms with Crippen LogP contribution in [0.5, 0.6) is 0 Å². The van der Waals surface area contributed by atoms with E-state index < -0.39 is 0 Å². The molecule has 1 saturated carbocycles. The van der Waals surface area contributed by atoms with E-state index in [4.69, 9.17) is 0 Å². The van der Waals surface area contributed by atoms with Crippen LogP contribution < -0.4 is 5.32 Å². The summed E-state index contributed by atoms with van der Waals surface area (Å²) in [5, 5.41) is 3.90. The first kappa shape index (κ1) is 13.2. The maximum absolute atomic E-state index is 3.90. The second-order valence-corrected chi connectivity index (χ2v) is 6.81. The molecule has 1 aromatic carbocycles. The van der Waals surface area contributed by atoms with Crippen LogP contribution in [0, 0.1) is 11.8 Å². The van der Waals surface area contributed by atoms with Crippen molar-refractivity contribution in [3.63, 3.8) is 0 Å². The molecule has 104 valence electrons. The van der Waals surface area contributed by atoms with Crippen molar-refractivity contribution in [2.45, 2.75) is 57.9 Å². The molecule has 3 unspecified atom stereocenters. The lowest BCUT2D eigenvalue weighted by Crippen LogP contribution is -2.43. The van der Waals surface area contributed by atoms with Crippen molar-refractivity contribution in [2.75, 3.05) is 6.54 Å². The van der Waals surface area contributed by atoms with Crippen LogP contribution in [0.25, 0.3) is 0 Å². The Balaban J connectivity index is 1.55. The molecule has 0 aromatic heterocycles. The summed E-state index contributed by atoms with van der Waals surface area (Å²) in [6.45, 7) is 5.97. The smallest absolute Gasteiger partial charge is 0.00980 e. The molecular weight excluding hydrogens is 230 g/mol. The highest BCUT2D eigenvalue weighted by molar-refractivity contribution is 5.40. The van der Waals surface area contributed by atoms with Crippen LogP contribution in [0.3, 0.4) is 0 Å². The van der Waals surface area contributed by atoms with Gasteiger partial charge >= 0.3 is 0 Å². The highest BCUT2D eigenvalue weighted by Crippen LogP contribution is 2.35. The predicted octanol–water partition coefficient (Wildman–Crippen LogP) is 4.13. The number of benzene rings is 1. The zero-order valence-corrected chi connectivity index (χ0v) is 12.4. The van der Waals surface area contributed by atoms with Gasteiger partial charge in [-0.1, -0.05) is 51.0 Å². The Hall–Kier alpha value is -0.820. The molecule has 1 fully saturated rings. The van der Waals surface area contributed by atoms with Gasteiger partial charge in [0.1, 0.15) is 0 Å². The molecule has 1 heteroatoms. The summed E-state index contributed by atoms with van der Waals surface area (Å²) in [6, 6.07) is 9.71. The van der Waals surface area contributed by atoms with Crippen LogP contribution in [0.2, 0.25) is 0 Å². The van der Waals surface area contributed by atoms with Gasteiger partial charge in [-0.3, -0.25) is 0 Å². The summed E-state index contributed by atoms with van der Waals surface area (Å²) in [6.07, 6.45) is 6.95. The van der Waals surface area contributed by atoms with Gasteiger partial charge in [0.15, 0.2) is 0 Å². The third-order valence-corrected chi connectivity index (χ3v) is 5.26. The van der Waals surface area contributed by atoms with E-state index in [2.05, 4.69) is 43.4 Å². The number of hydrogen-bond acceptors (Lipinski definition) is 1. The van der Waals surface area contributed by atoms with E-state index in [-0.39, 0.29) is 0 Å².